The van der Waals surface area contributed by atoms with Crippen molar-refractivity contribution in [1.29, 1.82) is 5.26 Å². The third-order valence-electron chi connectivity index (χ3n) is 7.25. The summed E-state index contributed by atoms with van der Waals surface area (Å²) in [6, 6.07) is 8.76. The van der Waals surface area contributed by atoms with Crippen molar-refractivity contribution in [3.8, 4) is 17.3 Å². The summed E-state index contributed by atoms with van der Waals surface area (Å²) in [6.07, 6.45) is 3.21. The van der Waals surface area contributed by atoms with Crippen LogP contribution in [0.2, 0.25) is 0 Å². The standard InChI is InChI=1S/C25H25FN4O2/c1-15-19-8-7-18-21(17-5-3-4-6-20(17)26)28-24(30-9-11-32-12-10-30)29-23(18)25(19,2)13-16(14-27)22(15)31/h3-6,13,15,19H,7-12H2,1-2H3/t15?,19?,25-/m1/s1. The van der Waals surface area contributed by atoms with Crippen molar-refractivity contribution >= 4 is 11.7 Å². The smallest absolute Gasteiger partial charge is 0.226 e. The van der Waals surface area contributed by atoms with Crippen LogP contribution in [-0.4, -0.2) is 42.1 Å². The SMILES string of the molecule is CC1C(=O)C(C#N)=C[C@@]2(C)c3nc(N4CCOCC4)nc(-c4ccccc4F)c3CCC12. The molecule has 3 aliphatic rings. The maximum Gasteiger partial charge on any atom is 0.226 e. The molecule has 2 heterocycles. The lowest BCUT2D eigenvalue weighted by Crippen LogP contribution is -2.46. The van der Waals surface area contributed by atoms with E-state index in [-0.39, 0.29) is 29.0 Å². The molecule has 0 spiro atoms. The van der Waals surface area contributed by atoms with Gasteiger partial charge < -0.3 is 9.64 Å². The van der Waals surface area contributed by atoms with Crippen LogP contribution in [0.5, 0.6) is 0 Å². The number of benzene rings is 1. The van der Waals surface area contributed by atoms with Crippen LogP contribution in [0.3, 0.4) is 0 Å². The Balaban J connectivity index is 1.77. The molecule has 2 unspecified atom stereocenters. The zero-order valence-corrected chi connectivity index (χ0v) is 18.3. The Hall–Kier alpha value is -3.11. The molecule has 2 aromatic rings. The van der Waals surface area contributed by atoms with E-state index in [1.807, 2.05) is 13.0 Å². The van der Waals surface area contributed by atoms with Crippen LogP contribution in [0.1, 0.15) is 31.5 Å². The van der Waals surface area contributed by atoms with Crippen molar-refractivity contribution in [2.45, 2.75) is 32.1 Å². The molecule has 5 rings (SSSR count). The number of carbonyl (C=O) groups excluding carboxylic acids is 1. The molecule has 164 valence electrons. The van der Waals surface area contributed by atoms with Crippen molar-refractivity contribution in [1.82, 2.24) is 9.97 Å². The van der Waals surface area contributed by atoms with E-state index in [1.165, 1.54) is 6.07 Å². The van der Waals surface area contributed by atoms with E-state index in [0.717, 1.165) is 17.7 Å². The number of nitrogens with zero attached hydrogens (tertiary/aromatic N) is 4. The Labute approximate surface area is 186 Å². The summed E-state index contributed by atoms with van der Waals surface area (Å²) in [7, 11) is 0. The number of hydrogen-bond acceptors (Lipinski definition) is 6. The van der Waals surface area contributed by atoms with Gasteiger partial charge in [-0.05, 0) is 30.9 Å². The second-order valence-electron chi connectivity index (χ2n) is 9.03. The quantitative estimate of drug-likeness (QED) is 0.721. The van der Waals surface area contributed by atoms with Gasteiger partial charge in [0.1, 0.15) is 11.9 Å². The Bertz CT molecular complexity index is 1170. The lowest BCUT2D eigenvalue weighted by molar-refractivity contribution is -0.121. The van der Waals surface area contributed by atoms with E-state index < -0.39 is 5.41 Å². The van der Waals surface area contributed by atoms with Crippen LogP contribution >= 0.6 is 0 Å². The van der Waals surface area contributed by atoms with E-state index in [2.05, 4.69) is 17.9 Å². The van der Waals surface area contributed by atoms with Gasteiger partial charge in [0.05, 0.1) is 30.2 Å². The van der Waals surface area contributed by atoms with E-state index in [1.54, 1.807) is 18.2 Å². The fourth-order valence-corrected chi connectivity index (χ4v) is 5.54. The first-order valence-corrected chi connectivity index (χ1v) is 11.1. The first-order chi connectivity index (χ1) is 15.4. The van der Waals surface area contributed by atoms with Gasteiger partial charge in [-0.15, -0.1) is 0 Å². The lowest BCUT2D eigenvalue weighted by atomic mass is 9.57. The van der Waals surface area contributed by atoms with Gasteiger partial charge in [-0.1, -0.05) is 32.1 Å². The normalized spacial score (nSPS) is 27.2. The van der Waals surface area contributed by atoms with Crippen LogP contribution in [-0.2, 0) is 21.4 Å². The fourth-order valence-electron chi connectivity index (χ4n) is 5.54. The van der Waals surface area contributed by atoms with Gasteiger partial charge in [0.15, 0.2) is 5.78 Å². The monoisotopic (exact) mass is 432 g/mol. The third kappa shape index (κ3) is 3.13. The molecule has 6 nitrogen and oxygen atoms in total. The van der Waals surface area contributed by atoms with Gasteiger partial charge >= 0.3 is 0 Å². The maximum absolute atomic E-state index is 14.9. The average Bonchev–Trinajstić information content (AvgIpc) is 2.82. The Kier molecular flexibility index (Phi) is 5.06. The molecule has 0 N–H and O–H groups in total. The molecule has 2 aliphatic carbocycles. The molecular formula is C25H25FN4O2. The number of anilines is 1. The predicted octanol–water partition coefficient (Wildman–Crippen LogP) is 3.61. The van der Waals surface area contributed by atoms with Gasteiger partial charge in [0, 0.05) is 35.5 Å². The lowest BCUT2D eigenvalue weighted by Gasteiger charge is -2.46. The van der Waals surface area contributed by atoms with Gasteiger partial charge in [-0.3, -0.25) is 4.79 Å². The summed E-state index contributed by atoms with van der Waals surface area (Å²) in [5.74, 6) is -0.125. The van der Waals surface area contributed by atoms with Crippen LogP contribution in [0.4, 0.5) is 10.3 Å². The number of nitriles is 1. The molecule has 0 radical (unpaired) electrons. The minimum absolute atomic E-state index is 0.0282. The summed E-state index contributed by atoms with van der Waals surface area (Å²) < 4.78 is 20.4. The number of ether oxygens (including phenoxy) is 1. The number of ketones is 1. The summed E-state index contributed by atoms with van der Waals surface area (Å²) >= 11 is 0. The number of rotatable bonds is 2. The minimum Gasteiger partial charge on any atom is -0.378 e. The van der Waals surface area contributed by atoms with Gasteiger partial charge in [-0.2, -0.15) is 5.26 Å². The van der Waals surface area contributed by atoms with Crippen LogP contribution < -0.4 is 4.90 Å². The molecule has 0 amide bonds. The molecule has 1 aliphatic heterocycles. The van der Waals surface area contributed by atoms with Crippen molar-refractivity contribution in [3.63, 3.8) is 0 Å². The molecule has 7 heteroatoms. The Morgan fingerprint density at radius 3 is 2.72 bits per heavy atom. The highest BCUT2D eigenvalue weighted by molar-refractivity contribution is 6.02. The first-order valence-electron chi connectivity index (χ1n) is 11.1. The topological polar surface area (TPSA) is 79.1 Å². The van der Waals surface area contributed by atoms with E-state index in [4.69, 9.17) is 14.7 Å². The summed E-state index contributed by atoms with van der Waals surface area (Å²) in [4.78, 5) is 24.6. The molecule has 1 aromatic heterocycles. The van der Waals surface area contributed by atoms with Gasteiger partial charge in [0.2, 0.25) is 5.95 Å². The van der Waals surface area contributed by atoms with Crippen molar-refractivity contribution in [2.75, 3.05) is 31.2 Å². The zero-order chi connectivity index (χ0) is 22.5. The minimum atomic E-state index is -0.601. The van der Waals surface area contributed by atoms with E-state index >= 15 is 0 Å². The first kappa shape index (κ1) is 20.8. The third-order valence-corrected chi connectivity index (χ3v) is 7.25. The van der Waals surface area contributed by atoms with Crippen LogP contribution in [0.25, 0.3) is 11.3 Å². The highest BCUT2D eigenvalue weighted by Gasteiger charge is 2.50. The number of halogens is 1. The van der Waals surface area contributed by atoms with Crippen molar-refractivity contribution in [3.05, 3.63) is 53.0 Å². The van der Waals surface area contributed by atoms with Gasteiger partial charge in [0.25, 0.3) is 0 Å². The fraction of sp³-hybridized carbons (Fsp3) is 0.440. The molecular weight excluding hydrogens is 407 g/mol. The Morgan fingerprint density at radius 1 is 1.25 bits per heavy atom. The molecule has 0 bridgehead atoms. The summed E-state index contributed by atoms with van der Waals surface area (Å²) in [5, 5.41) is 9.62. The summed E-state index contributed by atoms with van der Waals surface area (Å²) in [5.41, 5.74) is 2.34. The number of carbonyl (C=O) groups is 1. The molecule has 32 heavy (non-hydrogen) atoms. The number of allylic oxidation sites excluding steroid dienone is 2. The number of morpholine rings is 1. The number of Topliss-reactive ketones (excluding diaryl/α,β-unsaturated/α-hetero) is 1. The second kappa shape index (κ2) is 7.79. The van der Waals surface area contributed by atoms with Crippen molar-refractivity contribution in [2.24, 2.45) is 11.8 Å². The number of aromatic nitrogens is 2. The molecule has 1 fully saturated rings. The molecule has 0 saturated carbocycles. The zero-order valence-electron chi connectivity index (χ0n) is 18.3. The summed E-state index contributed by atoms with van der Waals surface area (Å²) in [6.45, 7) is 6.44. The largest absolute Gasteiger partial charge is 0.378 e. The highest BCUT2D eigenvalue weighted by Crippen LogP contribution is 2.51. The number of hydrogen-bond donors (Lipinski definition) is 0. The van der Waals surface area contributed by atoms with Crippen LogP contribution in [0, 0.1) is 29.0 Å². The van der Waals surface area contributed by atoms with Gasteiger partial charge in [-0.25, -0.2) is 14.4 Å². The average molecular weight is 432 g/mol. The van der Waals surface area contributed by atoms with E-state index in [0.29, 0.717) is 49.9 Å². The van der Waals surface area contributed by atoms with Crippen molar-refractivity contribution < 1.29 is 13.9 Å². The highest BCUT2D eigenvalue weighted by atomic mass is 19.1. The molecule has 1 saturated heterocycles. The van der Waals surface area contributed by atoms with E-state index in [9.17, 15) is 14.4 Å². The molecule has 1 aromatic carbocycles. The maximum atomic E-state index is 14.9. The molecule has 3 atom stereocenters. The Morgan fingerprint density at radius 2 is 2.00 bits per heavy atom. The van der Waals surface area contributed by atoms with Crippen LogP contribution in [0.15, 0.2) is 35.9 Å². The predicted molar refractivity (Wildman–Crippen MR) is 117 cm³/mol. The number of fused-ring (bicyclic) bond motifs is 3. The second-order valence-corrected chi connectivity index (χ2v) is 9.03.